The van der Waals surface area contributed by atoms with Gasteiger partial charge < -0.3 is 14.6 Å². The van der Waals surface area contributed by atoms with E-state index in [0.29, 0.717) is 5.56 Å². The molecule has 4 heteroatoms. The lowest BCUT2D eigenvalue weighted by atomic mass is 10.0. The predicted octanol–water partition coefficient (Wildman–Crippen LogP) is 2.82. The predicted molar refractivity (Wildman–Crippen MR) is 84.0 cm³/mol. The highest BCUT2D eigenvalue weighted by atomic mass is 16.4. The number of rotatable bonds is 4. The monoisotopic (exact) mass is 286 g/mol. The topological polar surface area (TPSA) is 45.5 Å². The minimum Gasteiger partial charge on any atom is -0.478 e. The number of fused-ring (bicyclic) bond motifs is 1. The number of aromatic nitrogens is 1. The van der Waals surface area contributed by atoms with E-state index in [1.165, 1.54) is 31.5 Å². The summed E-state index contributed by atoms with van der Waals surface area (Å²) in [5.74, 6) is -0.842. The van der Waals surface area contributed by atoms with Gasteiger partial charge in [0.15, 0.2) is 0 Å². The van der Waals surface area contributed by atoms with Crippen LogP contribution in [0.25, 0.3) is 10.9 Å². The smallest absolute Gasteiger partial charge is 0.338 e. The van der Waals surface area contributed by atoms with Crippen molar-refractivity contribution in [2.24, 2.45) is 7.05 Å². The molecule has 0 radical (unpaired) electrons. The molecule has 1 aliphatic rings. The largest absolute Gasteiger partial charge is 0.478 e. The first-order valence-corrected chi connectivity index (χ1v) is 7.61. The summed E-state index contributed by atoms with van der Waals surface area (Å²) in [6, 6.07) is 3.99. The van der Waals surface area contributed by atoms with Crippen molar-refractivity contribution in [1.29, 1.82) is 0 Å². The van der Waals surface area contributed by atoms with E-state index in [-0.39, 0.29) is 0 Å². The van der Waals surface area contributed by atoms with Crippen LogP contribution in [-0.4, -0.2) is 40.2 Å². The van der Waals surface area contributed by atoms with Gasteiger partial charge in [-0.3, -0.25) is 0 Å². The highest BCUT2D eigenvalue weighted by molar-refractivity contribution is 6.04. The first kappa shape index (κ1) is 14.1. The molecule has 0 bridgehead atoms. The third-order valence-electron chi connectivity index (χ3n) is 4.54. The number of hydrogen-bond donors (Lipinski definition) is 1. The van der Waals surface area contributed by atoms with Crippen molar-refractivity contribution in [2.75, 3.05) is 19.6 Å². The van der Waals surface area contributed by atoms with Gasteiger partial charge in [0.05, 0.1) is 11.1 Å². The third-order valence-corrected chi connectivity index (χ3v) is 4.54. The van der Waals surface area contributed by atoms with Gasteiger partial charge in [0.25, 0.3) is 0 Å². The van der Waals surface area contributed by atoms with E-state index < -0.39 is 5.97 Å². The molecule has 1 fully saturated rings. The number of carbonyl (C=O) groups is 1. The Morgan fingerprint density at radius 3 is 2.67 bits per heavy atom. The lowest BCUT2D eigenvalue weighted by molar-refractivity contribution is 0.0698. The molecule has 2 heterocycles. The zero-order chi connectivity index (χ0) is 15.0. The summed E-state index contributed by atoms with van der Waals surface area (Å²) in [5.41, 5.74) is 3.35. The van der Waals surface area contributed by atoms with Gasteiger partial charge in [0.2, 0.25) is 0 Å². The maximum absolute atomic E-state index is 11.5. The van der Waals surface area contributed by atoms with Gasteiger partial charge in [-0.1, -0.05) is 12.1 Å². The second-order valence-corrected chi connectivity index (χ2v) is 6.02. The second kappa shape index (κ2) is 5.53. The Bertz CT molecular complexity index is 682. The summed E-state index contributed by atoms with van der Waals surface area (Å²) in [6.45, 7) is 5.32. The zero-order valence-corrected chi connectivity index (χ0v) is 12.7. The molecular formula is C17H22N2O2. The van der Waals surface area contributed by atoms with Gasteiger partial charge in [0.1, 0.15) is 0 Å². The van der Waals surface area contributed by atoms with Crippen LogP contribution in [0.1, 0.15) is 34.3 Å². The number of aryl methyl sites for hydroxylation is 2. The Kier molecular flexibility index (Phi) is 3.72. The summed E-state index contributed by atoms with van der Waals surface area (Å²) in [6.07, 6.45) is 5.68. The fourth-order valence-corrected chi connectivity index (χ4v) is 3.44. The average Bonchev–Trinajstić information content (AvgIpc) is 3.05. The fraction of sp³-hybridized carbons (Fsp3) is 0.471. The van der Waals surface area contributed by atoms with Crippen molar-refractivity contribution in [3.05, 3.63) is 35.0 Å². The van der Waals surface area contributed by atoms with Gasteiger partial charge in [-0.2, -0.15) is 0 Å². The molecule has 3 rings (SSSR count). The standard InChI is InChI=1S/C17H22N2O2/c1-12-5-6-14-13(7-10-19-8-3-4-9-19)11-18(2)16(14)15(12)17(20)21/h5-6,11H,3-4,7-10H2,1-2H3,(H,20,21). The van der Waals surface area contributed by atoms with Gasteiger partial charge in [0, 0.05) is 25.2 Å². The van der Waals surface area contributed by atoms with Crippen molar-refractivity contribution in [3.63, 3.8) is 0 Å². The van der Waals surface area contributed by atoms with E-state index in [0.717, 1.165) is 29.4 Å². The van der Waals surface area contributed by atoms with Crippen molar-refractivity contribution in [1.82, 2.24) is 9.47 Å². The number of aromatic carboxylic acids is 1. The summed E-state index contributed by atoms with van der Waals surface area (Å²) >= 11 is 0. The summed E-state index contributed by atoms with van der Waals surface area (Å²) in [7, 11) is 1.94. The van der Waals surface area contributed by atoms with Crippen LogP contribution in [0.4, 0.5) is 0 Å². The Hall–Kier alpha value is -1.81. The number of nitrogens with zero attached hydrogens (tertiary/aromatic N) is 2. The minimum absolute atomic E-state index is 0.433. The maximum Gasteiger partial charge on any atom is 0.338 e. The summed E-state index contributed by atoms with van der Waals surface area (Å²) < 4.78 is 1.96. The highest BCUT2D eigenvalue weighted by Gasteiger charge is 2.18. The Morgan fingerprint density at radius 1 is 1.29 bits per heavy atom. The first-order chi connectivity index (χ1) is 10.1. The van der Waals surface area contributed by atoms with Crippen LogP contribution in [0.15, 0.2) is 18.3 Å². The normalized spacial score (nSPS) is 15.9. The first-order valence-electron chi connectivity index (χ1n) is 7.61. The van der Waals surface area contributed by atoms with Crippen molar-refractivity contribution in [3.8, 4) is 0 Å². The quantitative estimate of drug-likeness (QED) is 0.940. The summed E-state index contributed by atoms with van der Waals surface area (Å²) in [5, 5.41) is 10.6. The molecule has 1 saturated heterocycles. The number of hydrogen-bond acceptors (Lipinski definition) is 2. The number of benzene rings is 1. The van der Waals surface area contributed by atoms with Crippen molar-refractivity contribution < 1.29 is 9.90 Å². The SMILES string of the molecule is Cc1ccc2c(CCN3CCCC3)cn(C)c2c1C(=O)O. The molecule has 0 atom stereocenters. The van der Waals surface area contributed by atoms with Gasteiger partial charge in [-0.15, -0.1) is 0 Å². The van der Waals surface area contributed by atoms with E-state index in [4.69, 9.17) is 0 Å². The molecule has 1 aliphatic heterocycles. The molecule has 4 nitrogen and oxygen atoms in total. The molecule has 0 unspecified atom stereocenters. The molecule has 0 spiro atoms. The second-order valence-electron chi connectivity index (χ2n) is 6.02. The molecule has 112 valence electrons. The Labute approximate surface area is 125 Å². The summed E-state index contributed by atoms with van der Waals surface area (Å²) in [4.78, 5) is 14.0. The molecule has 0 saturated carbocycles. The van der Waals surface area contributed by atoms with Crippen LogP contribution in [-0.2, 0) is 13.5 Å². The zero-order valence-electron chi connectivity index (χ0n) is 12.7. The van der Waals surface area contributed by atoms with Crippen LogP contribution in [0.3, 0.4) is 0 Å². The molecular weight excluding hydrogens is 264 g/mol. The maximum atomic E-state index is 11.5. The fourth-order valence-electron chi connectivity index (χ4n) is 3.44. The molecule has 1 aromatic carbocycles. The molecule has 0 aliphatic carbocycles. The van der Waals surface area contributed by atoms with Crippen molar-refractivity contribution >= 4 is 16.9 Å². The minimum atomic E-state index is -0.842. The lowest BCUT2D eigenvalue weighted by Gasteiger charge is -2.13. The number of likely N-dealkylation sites (tertiary alicyclic amines) is 1. The number of carboxylic acids is 1. The molecule has 21 heavy (non-hydrogen) atoms. The highest BCUT2D eigenvalue weighted by Crippen LogP contribution is 2.27. The average molecular weight is 286 g/mol. The van der Waals surface area contributed by atoms with Gasteiger partial charge in [-0.05, 0) is 50.4 Å². The lowest BCUT2D eigenvalue weighted by Crippen LogP contribution is -2.21. The van der Waals surface area contributed by atoms with E-state index in [9.17, 15) is 9.90 Å². The van der Waals surface area contributed by atoms with Crippen LogP contribution in [0, 0.1) is 6.92 Å². The van der Waals surface area contributed by atoms with Gasteiger partial charge >= 0.3 is 5.97 Å². The Balaban J connectivity index is 1.97. The van der Waals surface area contributed by atoms with Gasteiger partial charge in [-0.25, -0.2) is 4.79 Å². The third kappa shape index (κ3) is 2.56. The van der Waals surface area contributed by atoms with Crippen LogP contribution >= 0.6 is 0 Å². The molecule has 1 aromatic heterocycles. The van der Waals surface area contributed by atoms with Crippen LogP contribution in [0.5, 0.6) is 0 Å². The number of carboxylic acid groups (broad SMARTS) is 1. The molecule has 2 aromatic rings. The van der Waals surface area contributed by atoms with E-state index >= 15 is 0 Å². The molecule has 1 N–H and O–H groups in total. The van der Waals surface area contributed by atoms with Crippen molar-refractivity contribution in [2.45, 2.75) is 26.2 Å². The van der Waals surface area contributed by atoms with E-state index in [1.807, 2.05) is 24.6 Å². The van der Waals surface area contributed by atoms with E-state index in [1.54, 1.807) is 0 Å². The van der Waals surface area contributed by atoms with Crippen LogP contribution < -0.4 is 0 Å². The van der Waals surface area contributed by atoms with E-state index in [2.05, 4.69) is 17.2 Å². The Morgan fingerprint density at radius 2 is 2.00 bits per heavy atom. The van der Waals surface area contributed by atoms with Crippen LogP contribution in [0.2, 0.25) is 0 Å². The molecule has 0 amide bonds.